The van der Waals surface area contributed by atoms with E-state index in [0.717, 1.165) is 23.6 Å². The Balaban J connectivity index is 2.21. The van der Waals surface area contributed by atoms with Crippen LogP contribution >= 0.6 is 11.8 Å². The van der Waals surface area contributed by atoms with Crippen molar-refractivity contribution in [2.24, 2.45) is 5.73 Å². The summed E-state index contributed by atoms with van der Waals surface area (Å²) in [6.07, 6.45) is 0.806. The van der Waals surface area contributed by atoms with E-state index in [0.29, 0.717) is 0 Å². The number of anilines is 1. The highest BCUT2D eigenvalue weighted by Crippen LogP contribution is 2.31. The molecular formula is C12H16N2OS. The lowest BCUT2D eigenvalue weighted by Gasteiger charge is -2.27. The van der Waals surface area contributed by atoms with Gasteiger partial charge in [0.05, 0.1) is 0 Å². The van der Waals surface area contributed by atoms with E-state index in [1.165, 1.54) is 5.56 Å². The average Bonchev–Trinajstić information content (AvgIpc) is 2.67. The molecule has 1 saturated heterocycles. The van der Waals surface area contributed by atoms with Gasteiger partial charge in [-0.15, -0.1) is 0 Å². The van der Waals surface area contributed by atoms with Gasteiger partial charge in [0.15, 0.2) is 0 Å². The Hall–Kier alpha value is -1.16. The fourth-order valence-corrected chi connectivity index (χ4v) is 3.26. The normalized spacial score (nSPS) is 24.3. The minimum atomic E-state index is -0.557. The van der Waals surface area contributed by atoms with Gasteiger partial charge in [0.25, 0.3) is 0 Å². The molecule has 16 heavy (non-hydrogen) atoms. The van der Waals surface area contributed by atoms with Crippen LogP contribution in [0.15, 0.2) is 24.3 Å². The molecule has 2 rings (SSSR count). The van der Waals surface area contributed by atoms with Crippen LogP contribution in [-0.2, 0) is 4.79 Å². The second-order valence-electron chi connectivity index (χ2n) is 4.24. The standard InChI is InChI=1S/C12H16N2OS/c1-9-3-2-4-10(7-9)14-12(11(13)15)5-6-16-8-12/h2-4,7,14H,5-6,8H2,1H3,(H2,13,15). The van der Waals surface area contributed by atoms with Crippen molar-refractivity contribution in [3.8, 4) is 0 Å². The van der Waals surface area contributed by atoms with Crippen molar-refractivity contribution in [2.75, 3.05) is 16.8 Å². The zero-order valence-electron chi connectivity index (χ0n) is 9.32. The van der Waals surface area contributed by atoms with E-state index >= 15 is 0 Å². The maximum atomic E-state index is 11.6. The molecule has 1 aliphatic rings. The molecule has 3 N–H and O–H groups in total. The molecule has 86 valence electrons. The zero-order valence-corrected chi connectivity index (χ0v) is 10.1. The van der Waals surface area contributed by atoms with Gasteiger partial charge in [-0.1, -0.05) is 12.1 Å². The number of benzene rings is 1. The van der Waals surface area contributed by atoms with Crippen LogP contribution in [0.25, 0.3) is 0 Å². The first kappa shape index (κ1) is 11.3. The molecule has 0 aliphatic carbocycles. The molecule has 0 bridgehead atoms. The number of primary amides is 1. The number of nitrogens with two attached hydrogens (primary N) is 1. The highest BCUT2D eigenvalue weighted by atomic mass is 32.2. The maximum Gasteiger partial charge on any atom is 0.243 e. The summed E-state index contributed by atoms with van der Waals surface area (Å²) in [5.41, 5.74) is 7.10. The fourth-order valence-electron chi connectivity index (χ4n) is 1.92. The number of carbonyl (C=O) groups excluding carboxylic acids is 1. The molecule has 1 aromatic rings. The number of rotatable bonds is 3. The molecule has 1 heterocycles. The Morgan fingerprint density at radius 2 is 2.38 bits per heavy atom. The van der Waals surface area contributed by atoms with Crippen LogP contribution < -0.4 is 11.1 Å². The molecule has 1 unspecified atom stereocenters. The number of hydrogen-bond donors (Lipinski definition) is 2. The van der Waals surface area contributed by atoms with Gasteiger partial charge in [-0.05, 0) is 36.8 Å². The third-order valence-electron chi connectivity index (χ3n) is 2.89. The summed E-state index contributed by atoms with van der Waals surface area (Å²) in [4.78, 5) is 11.6. The smallest absolute Gasteiger partial charge is 0.243 e. The van der Waals surface area contributed by atoms with Crippen molar-refractivity contribution in [3.05, 3.63) is 29.8 Å². The van der Waals surface area contributed by atoms with Gasteiger partial charge in [-0.3, -0.25) is 4.79 Å². The quantitative estimate of drug-likeness (QED) is 0.841. The van der Waals surface area contributed by atoms with Crippen molar-refractivity contribution >= 4 is 23.4 Å². The minimum absolute atomic E-state index is 0.251. The summed E-state index contributed by atoms with van der Waals surface area (Å²) >= 11 is 1.77. The first-order valence-corrected chi connectivity index (χ1v) is 6.50. The topological polar surface area (TPSA) is 55.1 Å². The molecule has 1 aliphatic heterocycles. The van der Waals surface area contributed by atoms with Gasteiger partial charge in [0, 0.05) is 11.4 Å². The molecule has 1 atom stereocenters. The Morgan fingerprint density at radius 1 is 1.56 bits per heavy atom. The number of nitrogens with one attached hydrogen (secondary N) is 1. The molecule has 4 heteroatoms. The predicted octanol–water partition coefficient (Wildman–Crippen LogP) is 1.77. The second kappa shape index (κ2) is 4.37. The van der Waals surface area contributed by atoms with E-state index in [1.807, 2.05) is 31.2 Å². The highest BCUT2D eigenvalue weighted by molar-refractivity contribution is 7.99. The minimum Gasteiger partial charge on any atom is -0.371 e. The Labute approximate surface area is 99.8 Å². The number of carbonyl (C=O) groups is 1. The molecule has 1 amide bonds. The van der Waals surface area contributed by atoms with E-state index in [2.05, 4.69) is 5.32 Å². The van der Waals surface area contributed by atoms with Crippen molar-refractivity contribution < 1.29 is 4.79 Å². The third-order valence-corrected chi connectivity index (χ3v) is 4.08. The van der Waals surface area contributed by atoms with Gasteiger partial charge >= 0.3 is 0 Å². The summed E-state index contributed by atoms with van der Waals surface area (Å²) < 4.78 is 0. The summed E-state index contributed by atoms with van der Waals surface area (Å²) in [5.74, 6) is 1.50. The molecule has 0 aromatic heterocycles. The van der Waals surface area contributed by atoms with Crippen LogP contribution in [0.4, 0.5) is 5.69 Å². The Bertz CT molecular complexity index is 400. The lowest BCUT2D eigenvalue weighted by Crippen LogP contribution is -2.50. The van der Waals surface area contributed by atoms with E-state index in [1.54, 1.807) is 11.8 Å². The predicted molar refractivity (Wildman–Crippen MR) is 68.7 cm³/mol. The van der Waals surface area contributed by atoms with Crippen molar-refractivity contribution in [2.45, 2.75) is 18.9 Å². The van der Waals surface area contributed by atoms with E-state index in [9.17, 15) is 4.79 Å². The van der Waals surface area contributed by atoms with Gasteiger partial charge in [-0.2, -0.15) is 11.8 Å². The number of hydrogen-bond acceptors (Lipinski definition) is 3. The van der Waals surface area contributed by atoms with Gasteiger partial charge in [0.2, 0.25) is 5.91 Å². The van der Waals surface area contributed by atoms with Crippen LogP contribution in [0.5, 0.6) is 0 Å². The summed E-state index contributed by atoms with van der Waals surface area (Å²) in [5, 5.41) is 3.30. The van der Waals surface area contributed by atoms with Crippen LogP contribution in [0.2, 0.25) is 0 Å². The summed E-state index contributed by atoms with van der Waals surface area (Å²) in [6, 6.07) is 8.02. The number of amides is 1. The Morgan fingerprint density at radius 3 is 2.94 bits per heavy atom. The van der Waals surface area contributed by atoms with Crippen molar-refractivity contribution in [1.29, 1.82) is 0 Å². The van der Waals surface area contributed by atoms with E-state index in [4.69, 9.17) is 5.73 Å². The first-order chi connectivity index (χ1) is 7.62. The summed E-state index contributed by atoms with van der Waals surface area (Å²) in [6.45, 7) is 2.03. The first-order valence-electron chi connectivity index (χ1n) is 5.35. The van der Waals surface area contributed by atoms with Crippen molar-refractivity contribution in [3.63, 3.8) is 0 Å². The monoisotopic (exact) mass is 236 g/mol. The molecule has 3 nitrogen and oxygen atoms in total. The second-order valence-corrected chi connectivity index (χ2v) is 5.35. The molecular weight excluding hydrogens is 220 g/mol. The SMILES string of the molecule is Cc1cccc(NC2(C(N)=O)CCSC2)c1. The van der Waals surface area contributed by atoms with Crippen LogP contribution in [-0.4, -0.2) is 23.0 Å². The maximum absolute atomic E-state index is 11.6. The number of aryl methyl sites for hydroxylation is 1. The van der Waals surface area contributed by atoms with E-state index in [-0.39, 0.29) is 5.91 Å². The molecule has 0 radical (unpaired) electrons. The van der Waals surface area contributed by atoms with Gasteiger partial charge in [0.1, 0.15) is 5.54 Å². The van der Waals surface area contributed by atoms with Crippen LogP contribution in [0, 0.1) is 6.92 Å². The van der Waals surface area contributed by atoms with Crippen LogP contribution in [0.3, 0.4) is 0 Å². The molecule has 0 saturated carbocycles. The lowest BCUT2D eigenvalue weighted by molar-refractivity contribution is -0.121. The van der Waals surface area contributed by atoms with Gasteiger partial charge < -0.3 is 11.1 Å². The molecule has 0 spiro atoms. The van der Waals surface area contributed by atoms with E-state index < -0.39 is 5.54 Å². The molecule has 1 aromatic carbocycles. The zero-order chi connectivity index (χ0) is 11.6. The molecule has 1 fully saturated rings. The third kappa shape index (κ3) is 2.16. The lowest BCUT2D eigenvalue weighted by atomic mass is 9.97. The highest BCUT2D eigenvalue weighted by Gasteiger charge is 2.40. The number of thioether (sulfide) groups is 1. The Kier molecular flexibility index (Phi) is 3.10. The summed E-state index contributed by atoms with van der Waals surface area (Å²) in [7, 11) is 0. The fraction of sp³-hybridized carbons (Fsp3) is 0.417. The largest absolute Gasteiger partial charge is 0.371 e. The van der Waals surface area contributed by atoms with Crippen molar-refractivity contribution in [1.82, 2.24) is 0 Å². The average molecular weight is 236 g/mol. The van der Waals surface area contributed by atoms with Crippen LogP contribution in [0.1, 0.15) is 12.0 Å². The van der Waals surface area contributed by atoms with Gasteiger partial charge in [-0.25, -0.2) is 0 Å².